The molecule has 84 heavy (non-hydrogen) atoms. The maximum absolute atomic E-state index is 14.2. The van der Waals surface area contributed by atoms with Gasteiger partial charge in [0.15, 0.2) is 0 Å². The summed E-state index contributed by atoms with van der Waals surface area (Å²) in [4.78, 5) is 63.9. The van der Waals surface area contributed by atoms with Gasteiger partial charge in [-0.3, -0.25) is 19.2 Å². The second-order valence-corrected chi connectivity index (χ2v) is 23.1. The number of aromatic amines is 1. The molecule has 18 heteroatoms. The van der Waals surface area contributed by atoms with Crippen LogP contribution in [0.4, 0.5) is 5.69 Å². The van der Waals surface area contributed by atoms with Crippen LogP contribution >= 0.6 is 0 Å². The van der Waals surface area contributed by atoms with E-state index in [4.69, 9.17) is 33.2 Å². The molecule has 4 aromatic rings. The number of pyridine rings is 1. The van der Waals surface area contributed by atoms with Gasteiger partial charge in [0.1, 0.15) is 30.8 Å². The van der Waals surface area contributed by atoms with E-state index in [0.29, 0.717) is 102 Å². The lowest BCUT2D eigenvalue weighted by atomic mass is 9.83. The minimum Gasteiger partial charge on any atom is -0.491 e. The molecule has 3 aromatic carbocycles. The molecule has 3 amide bonds. The highest BCUT2D eigenvalue weighted by Gasteiger charge is 2.44. The number of carbonyl (C=O) groups is 3. The van der Waals surface area contributed by atoms with Crippen LogP contribution in [0.25, 0.3) is 11.1 Å². The molecule has 0 bridgehead atoms. The van der Waals surface area contributed by atoms with Crippen LogP contribution in [0.5, 0.6) is 11.5 Å². The molecule has 4 fully saturated rings. The maximum atomic E-state index is 14.2. The zero-order valence-corrected chi connectivity index (χ0v) is 50.9. The number of benzene rings is 3. The summed E-state index contributed by atoms with van der Waals surface area (Å²) in [7, 11) is 1.78. The van der Waals surface area contributed by atoms with Crippen LogP contribution in [0.3, 0.4) is 0 Å². The molecule has 0 spiro atoms. The number of likely N-dealkylation sites (N-methyl/N-ethyl adjacent to an activating group) is 1. The topological polar surface area (TPSA) is 194 Å². The molecule has 4 N–H and O–H groups in total. The third-order valence-electron chi connectivity index (χ3n) is 17.5. The first kappa shape index (κ1) is 64.1. The molecule has 2 unspecified atom stereocenters. The Hall–Kier alpha value is -5.86. The molecule has 1 aliphatic carbocycles. The van der Waals surface area contributed by atoms with Crippen molar-refractivity contribution >= 4 is 23.4 Å². The zero-order valence-electron chi connectivity index (χ0n) is 50.9. The van der Waals surface area contributed by atoms with E-state index in [0.717, 1.165) is 136 Å². The molecule has 4 aliphatic rings. The van der Waals surface area contributed by atoms with Gasteiger partial charge in [-0.25, -0.2) is 0 Å². The molecular formula is C66H95N7O11. The number of anilines is 1. The van der Waals surface area contributed by atoms with Gasteiger partial charge in [0.25, 0.3) is 11.5 Å². The third-order valence-corrected chi connectivity index (χ3v) is 17.5. The Bertz CT molecular complexity index is 2750. The number of fused-ring (bicyclic) bond motifs is 1. The number of hydrogen-bond acceptors (Lipinski definition) is 14. The van der Waals surface area contributed by atoms with E-state index >= 15 is 0 Å². The second kappa shape index (κ2) is 33.2. The predicted octanol–water partition coefficient (Wildman–Crippen LogP) is 7.56. The molecule has 3 aliphatic heterocycles. The number of piperidine rings is 1. The average Bonchev–Trinajstić information content (AvgIpc) is 2.87. The van der Waals surface area contributed by atoms with E-state index in [-0.39, 0.29) is 47.8 Å². The number of amides is 3. The first-order valence-corrected chi connectivity index (χ1v) is 31.1. The molecule has 18 nitrogen and oxygen atoms in total. The molecule has 460 valence electrons. The summed E-state index contributed by atoms with van der Waals surface area (Å²) in [6.45, 7) is 20.2. The Morgan fingerprint density at radius 3 is 1.95 bits per heavy atom. The summed E-state index contributed by atoms with van der Waals surface area (Å²) in [5, 5.41) is 9.25. The molecule has 8 rings (SSSR count). The quantitative estimate of drug-likeness (QED) is 0.0350. The molecule has 1 saturated carbocycles. The predicted molar refractivity (Wildman–Crippen MR) is 327 cm³/mol. The fourth-order valence-electron chi connectivity index (χ4n) is 12.5. The van der Waals surface area contributed by atoms with Gasteiger partial charge in [0.2, 0.25) is 11.8 Å². The monoisotopic (exact) mass is 1160 g/mol. The smallest absolute Gasteiger partial charge is 0.253 e. The number of aromatic nitrogens is 1. The maximum Gasteiger partial charge on any atom is 0.253 e. The van der Waals surface area contributed by atoms with Crippen LogP contribution in [-0.4, -0.2) is 176 Å². The molecule has 0 radical (unpaired) electrons. The number of ether oxygens (including phenoxy) is 7. The van der Waals surface area contributed by atoms with Crippen LogP contribution in [0.15, 0.2) is 71.5 Å². The standard InChI is InChI=1S/C66H95N7O11/c1-7-72(55-24-29-78-30-25-55)60-43-54(42-58(48(60)4)64(75)68-44-59-46(2)41-47(3)69-65(59)76)51-15-19-57(20-16-51)84-40-38-82-36-34-80-32-31-79-33-35-81-37-39-83-56-17-13-50(14-18-56)21-26-71-27-22-52-23-28-73(61(52)45-71)66(77)62(53-11-9-8-10-12-53)70-63(74)49(5)67-6/h13-20,41-43,49,52-53,55,61-62,67H,7-12,21-40,44-45H2,1-6H3,(H,68,75)(H,69,76)(H,70,74)/t49?,52-,61-,62?/m1/s1. The van der Waals surface area contributed by atoms with Crippen molar-refractivity contribution in [3.63, 3.8) is 0 Å². The number of aryl methyl sites for hydroxylation is 2. The van der Waals surface area contributed by atoms with Crippen molar-refractivity contribution in [3.8, 4) is 22.6 Å². The number of likely N-dealkylation sites (tertiary alicyclic amines) is 2. The van der Waals surface area contributed by atoms with Gasteiger partial charge in [-0.2, -0.15) is 0 Å². The summed E-state index contributed by atoms with van der Waals surface area (Å²) >= 11 is 0. The van der Waals surface area contributed by atoms with Gasteiger partial charge in [-0.15, -0.1) is 0 Å². The van der Waals surface area contributed by atoms with E-state index < -0.39 is 6.04 Å². The minimum atomic E-state index is -0.443. The fraction of sp³-hybridized carbons (Fsp3) is 0.606. The number of carbonyl (C=O) groups excluding carboxylic acids is 3. The number of nitrogens with zero attached hydrogens (tertiary/aromatic N) is 3. The van der Waals surface area contributed by atoms with E-state index in [1.54, 1.807) is 7.05 Å². The zero-order chi connectivity index (χ0) is 59.2. The van der Waals surface area contributed by atoms with Crippen LogP contribution in [0, 0.1) is 32.6 Å². The molecular weight excluding hydrogens is 1070 g/mol. The highest BCUT2D eigenvalue weighted by atomic mass is 16.6. The minimum absolute atomic E-state index is 0.0954. The fourth-order valence-corrected chi connectivity index (χ4v) is 12.5. The Labute approximate surface area is 498 Å². The number of hydrogen-bond donors (Lipinski definition) is 4. The van der Waals surface area contributed by atoms with Crippen molar-refractivity contribution in [1.82, 2.24) is 30.7 Å². The van der Waals surface area contributed by atoms with Gasteiger partial charge in [0, 0.05) is 80.5 Å². The van der Waals surface area contributed by atoms with Crippen LogP contribution in [-0.2, 0) is 46.2 Å². The lowest BCUT2D eigenvalue weighted by Crippen LogP contribution is -2.58. The van der Waals surface area contributed by atoms with Crippen molar-refractivity contribution in [2.24, 2.45) is 11.8 Å². The Morgan fingerprint density at radius 1 is 0.738 bits per heavy atom. The summed E-state index contributed by atoms with van der Waals surface area (Å²) in [5.41, 5.74) is 7.59. The largest absolute Gasteiger partial charge is 0.491 e. The van der Waals surface area contributed by atoms with E-state index in [1.165, 1.54) is 12.0 Å². The van der Waals surface area contributed by atoms with Gasteiger partial charge in [0.05, 0.1) is 58.9 Å². The lowest BCUT2D eigenvalue weighted by Gasteiger charge is -2.41. The van der Waals surface area contributed by atoms with Crippen molar-refractivity contribution in [1.29, 1.82) is 0 Å². The number of nitrogens with one attached hydrogen (secondary N) is 4. The van der Waals surface area contributed by atoms with Crippen molar-refractivity contribution in [2.45, 2.75) is 130 Å². The van der Waals surface area contributed by atoms with Crippen LogP contribution in [0.1, 0.15) is 110 Å². The SMILES string of the molecule is CCN(c1cc(-c2ccc(OCCOCCOCCOCCOCCOc3ccc(CCN4CC[C@@H]5CCN(C(=O)C(NC(=O)C(C)NC)C6CCCCC6)[C@@H]5C4)cc3)cc2)cc(C(=O)NCc2c(C)cc(C)[nH]c2=O)c1C)C1CCOCC1. The first-order valence-electron chi connectivity index (χ1n) is 31.1. The van der Waals surface area contributed by atoms with Crippen LogP contribution < -0.4 is 35.9 Å². The summed E-state index contributed by atoms with van der Waals surface area (Å²) in [6, 6.07) is 22.0. The van der Waals surface area contributed by atoms with Gasteiger partial charge in [-0.1, -0.05) is 43.5 Å². The van der Waals surface area contributed by atoms with Crippen molar-refractivity contribution in [3.05, 3.63) is 111 Å². The Balaban J connectivity index is 0.661. The van der Waals surface area contributed by atoms with E-state index in [2.05, 4.69) is 60.8 Å². The molecule has 3 saturated heterocycles. The summed E-state index contributed by atoms with van der Waals surface area (Å²) in [6.07, 6.45) is 10.3. The lowest BCUT2D eigenvalue weighted by molar-refractivity contribution is -0.140. The van der Waals surface area contributed by atoms with Crippen LogP contribution in [0.2, 0.25) is 0 Å². The van der Waals surface area contributed by atoms with Gasteiger partial charge >= 0.3 is 0 Å². The normalized spacial score (nSPS) is 18.5. The number of rotatable bonds is 32. The average molecular weight is 1160 g/mol. The highest BCUT2D eigenvalue weighted by molar-refractivity contribution is 5.99. The molecule has 1 aromatic heterocycles. The highest BCUT2D eigenvalue weighted by Crippen LogP contribution is 2.37. The number of H-pyrrole nitrogens is 1. The second-order valence-electron chi connectivity index (χ2n) is 23.1. The third kappa shape index (κ3) is 18.3. The van der Waals surface area contributed by atoms with Gasteiger partial charge in [-0.05, 0) is 175 Å². The first-order chi connectivity index (χ1) is 40.9. The van der Waals surface area contributed by atoms with E-state index in [1.807, 2.05) is 76.2 Å². The van der Waals surface area contributed by atoms with Crippen molar-refractivity contribution in [2.75, 3.05) is 124 Å². The van der Waals surface area contributed by atoms with Crippen molar-refractivity contribution < 1.29 is 47.5 Å². The molecule has 4 heterocycles. The summed E-state index contributed by atoms with van der Waals surface area (Å²) in [5.74, 6) is 2.05. The van der Waals surface area contributed by atoms with E-state index in [9.17, 15) is 19.2 Å². The van der Waals surface area contributed by atoms with Gasteiger partial charge < -0.3 is 68.8 Å². The Kier molecular flexibility index (Phi) is 25.3. The Morgan fingerprint density at radius 2 is 1.35 bits per heavy atom. The summed E-state index contributed by atoms with van der Waals surface area (Å²) < 4.78 is 40.5. The molecule has 4 atom stereocenters.